The van der Waals surface area contributed by atoms with E-state index in [2.05, 4.69) is 10.3 Å². The summed E-state index contributed by atoms with van der Waals surface area (Å²) in [5.74, 6) is -0.276. The molecule has 22 heavy (non-hydrogen) atoms. The van der Waals surface area contributed by atoms with Crippen molar-refractivity contribution >= 4 is 44.8 Å². The number of fused-ring (bicyclic) bond motifs is 1. The van der Waals surface area contributed by atoms with Gasteiger partial charge in [0.15, 0.2) is 5.13 Å². The van der Waals surface area contributed by atoms with E-state index in [1.807, 2.05) is 0 Å². The number of rotatable bonds is 4. The van der Waals surface area contributed by atoms with Crippen LogP contribution < -0.4 is 5.32 Å². The SMILES string of the molecule is O=C(/C=C/c1ccc([N+](=O)[O-])s1)Nc1nc2c(s1)CCCC2. The molecule has 0 unspecified atom stereocenters. The van der Waals surface area contributed by atoms with E-state index in [-0.39, 0.29) is 10.9 Å². The Morgan fingerprint density at radius 1 is 1.32 bits per heavy atom. The highest BCUT2D eigenvalue weighted by atomic mass is 32.1. The Kier molecular flexibility index (Phi) is 4.30. The first-order chi connectivity index (χ1) is 10.6. The van der Waals surface area contributed by atoms with Crippen LogP contribution >= 0.6 is 22.7 Å². The number of thiophene rings is 1. The fourth-order valence-electron chi connectivity index (χ4n) is 2.24. The van der Waals surface area contributed by atoms with E-state index in [0.717, 1.165) is 36.3 Å². The first-order valence-corrected chi connectivity index (χ1v) is 8.47. The van der Waals surface area contributed by atoms with Crippen LogP contribution in [0.15, 0.2) is 18.2 Å². The lowest BCUT2D eigenvalue weighted by atomic mass is 10.0. The molecule has 0 saturated heterocycles. The molecule has 1 amide bonds. The molecule has 0 aromatic carbocycles. The number of nitrogens with one attached hydrogen (secondary N) is 1. The largest absolute Gasteiger partial charge is 0.324 e. The second-order valence-corrected chi connectivity index (χ2v) is 7.03. The summed E-state index contributed by atoms with van der Waals surface area (Å²) in [4.78, 5) is 28.4. The molecule has 2 aromatic heterocycles. The Hall–Kier alpha value is -2.06. The zero-order valence-electron chi connectivity index (χ0n) is 11.6. The molecule has 0 spiro atoms. The van der Waals surface area contributed by atoms with E-state index < -0.39 is 4.92 Å². The molecular weight excluding hydrogens is 322 g/mol. The van der Waals surface area contributed by atoms with Gasteiger partial charge in [-0.25, -0.2) is 4.98 Å². The molecule has 1 aliphatic carbocycles. The molecule has 0 saturated carbocycles. The summed E-state index contributed by atoms with van der Waals surface area (Å²) in [6, 6.07) is 3.05. The maximum Gasteiger partial charge on any atom is 0.324 e. The van der Waals surface area contributed by atoms with Gasteiger partial charge in [-0.3, -0.25) is 20.2 Å². The van der Waals surface area contributed by atoms with E-state index in [1.54, 1.807) is 12.1 Å². The number of carbonyl (C=O) groups excluding carboxylic acids is 1. The average molecular weight is 335 g/mol. The topological polar surface area (TPSA) is 85.1 Å². The van der Waals surface area contributed by atoms with Crippen molar-refractivity contribution in [3.8, 4) is 0 Å². The molecule has 0 aliphatic heterocycles. The van der Waals surface area contributed by atoms with Crippen LogP contribution in [0.4, 0.5) is 10.1 Å². The Morgan fingerprint density at radius 3 is 2.86 bits per heavy atom. The van der Waals surface area contributed by atoms with E-state index in [9.17, 15) is 14.9 Å². The minimum Gasteiger partial charge on any atom is -0.298 e. The summed E-state index contributed by atoms with van der Waals surface area (Å²) in [7, 11) is 0. The maximum absolute atomic E-state index is 11.9. The van der Waals surface area contributed by atoms with Gasteiger partial charge in [-0.1, -0.05) is 11.3 Å². The van der Waals surface area contributed by atoms with Crippen LogP contribution in [0.2, 0.25) is 0 Å². The van der Waals surface area contributed by atoms with Crippen LogP contribution in [0.25, 0.3) is 6.08 Å². The number of thiazole rings is 1. The lowest BCUT2D eigenvalue weighted by Crippen LogP contribution is -2.07. The van der Waals surface area contributed by atoms with Crippen LogP contribution in [0.3, 0.4) is 0 Å². The number of carbonyl (C=O) groups is 1. The minimum atomic E-state index is -0.442. The van der Waals surface area contributed by atoms with Gasteiger partial charge in [0, 0.05) is 21.9 Å². The summed E-state index contributed by atoms with van der Waals surface area (Å²) < 4.78 is 0. The molecule has 0 bridgehead atoms. The summed E-state index contributed by atoms with van der Waals surface area (Å²) in [6.45, 7) is 0. The summed E-state index contributed by atoms with van der Waals surface area (Å²) >= 11 is 2.56. The van der Waals surface area contributed by atoms with Crippen molar-refractivity contribution in [1.29, 1.82) is 0 Å². The molecule has 0 radical (unpaired) electrons. The first kappa shape index (κ1) is 14.9. The number of aryl methyl sites for hydroxylation is 2. The number of anilines is 1. The summed E-state index contributed by atoms with van der Waals surface area (Å²) in [5.41, 5.74) is 1.10. The maximum atomic E-state index is 11.9. The average Bonchev–Trinajstić information content (AvgIpc) is 3.11. The van der Waals surface area contributed by atoms with Gasteiger partial charge in [-0.2, -0.15) is 0 Å². The summed E-state index contributed by atoms with van der Waals surface area (Å²) in [5, 5.41) is 14.0. The molecule has 1 aliphatic rings. The van der Waals surface area contributed by atoms with E-state index in [1.165, 1.54) is 34.8 Å². The zero-order valence-corrected chi connectivity index (χ0v) is 13.2. The lowest BCUT2D eigenvalue weighted by molar-refractivity contribution is -0.380. The molecule has 1 N–H and O–H groups in total. The Morgan fingerprint density at radius 2 is 2.14 bits per heavy atom. The number of hydrogen-bond acceptors (Lipinski definition) is 6. The first-order valence-electron chi connectivity index (χ1n) is 6.84. The summed E-state index contributed by atoms with van der Waals surface area (Å²) in [6.07, 6.45) is 7.30. The predicted molar refractivity (Wildman–Crippen MR) is 87.4 cm³/mol. The van der Waals surface area contributed by atoms with E-state index in [4.69, 9.17) is 0 Å². The van der Waals surface area contributed by atoms with E-state index in [0.29, 0.717) is 10.0 Å². The van der Waals surface area contributed by atoms with Crippen molar-refractivity contribution in [2.75, 3.05) is 5.32 Å². The third-order valence-corrected chi connectivity index (χ3v) is 5.34. The van der Waals surface area contributed by atoms with Gasteiger partial charge in [0.05, 0.1) is 10.6 Å². The van der Waals surface area contributed by atoms with Gasteiger partial charge in [-0.15, -0.1) is 11.3 Å². The highest BCUT2D eigenvalue weighted by Gasteiger charge is 2.15. The highest BCUT2D eigenvalue weighted by Crippen LogP contribution is 2.29. The number of nitro groups is 1. The smallest absolute Gasteiger partial charge is 0.298 e. The molecule has 2 heterocycles. The molecular formula is C14H13N3O3S2. The predicted octanol–water partition coefficient (Wildman–Crippen LogP) is 3.64. The molecule has 8 heteroatoms. The molecule has 3 rings (SSSR count). The van der Waals surface area contributed by atoms with Crippen molar-refractivity contribution in [3.05, 3.63) is 43.8 Å². The van der Waals surface area contributed by atoms with Crippen LogP contribution in [0.1, 0.15) is 28.3 Å². The second-order valence-electron chi connectivity index (χ2n) is 4.85. The number of hydrogen-bond donors (Lipinski definition) is 1. The number of aromatic nitrogens is 1. The molecule has 6 nitrogen and oxygen atoms in total. The molecule has 0 fully saturated rings. The van der Waals surface area contributed by atoms with Crippen LogP contribution in [-0.2, 0) is 17.6 Å². The Labute approximate surface area is 134 Å². The fourth-order valence-corrected chi connectivity index (χ4v) is 4.02. The van der Waals surface area contributed by atoms with E-state index >= 15 is 0 Å². The van der Waals surface area contributed by atoms with Crippen LogP contribution in [0.5, 0.6) is 0 Å². The number of nitrogens with zero attached hydrogens (tertiary/aromatic N) is 2. The van der Waals surface area contributed by atoms with Crippen molar-refractivity contribution in [2.24, 2.45) is 0 Å². The van der Waals surface area contributed by atoms with Gasteiger partial charge < -0.3 is 0 Å². The van der Waals surface area contributed by atoms with Gasteiger partial charge in [0.25, 0.3) is 0 Å². The van der Waals surface area contributed by atoms with Crippen molar-refractivity contribution < 1.29 is 9.72 Å². The zero-order chi connectivity index (χ0) is 15.5. The van der Waals surface area contributed by atoms with Gasteiger partial charge in [-0.05, 0) is 37.8 Å². The monoisotopic (exact) mass is 335 g/mol. The highest BCUT2D eigenvalue weighted by molar-refractivity contribution is 7.16. The van der Waals surface area contributed by atoms with Crippen LogP contribution in [-0.4, -0.2) is 15.8 Å². The third kappa shape index (κ3) is 3.40. The van der Waals surface area contributed by atoms with Gasteiger partial charge in [0.1, 0.15) is 0 Å². The fraction of sp³-hybridized carbons (Fsp3) is 0.286. The Bertz CT molecular complexity index is 725. The standard InChI is InChI=1S/C14H13N3O3S2/c18-12(7-5-9-6-8-13(21-9)17(19)20)16-14-15-10-3-1-2-4-11(10)22-14/h5-8H,1-4H2,(H,15,16,18)/b7-5+. The lowest BCUT2D eigenvalue weighted by Gasteiger charge is -2.06. The normalized spacial score (nSPS) is 14.0. The van der Waals surface area contributed by atoms with Gasteiger partial charge >= 0.3 is 5.00 Å². The minimum absolute atomic E-state index is 0.0626. The Balaban J connectivity index is 1.63. The quantitative estimate of drug-likeness (QED) is 0.525. The number of amides is 1. The second kappa shape index (κ2) is 6.37. The van der Waals surface area contributed by atoms with Gasteiger partial charge in [0.2, 0.25) is 5.91 Å². The van der Waals surface area contributed by atoms with Crippen LogP contribution in [0, 0.1) is 10.1 Å². The molecule has 114 valence electrons. The van der Waals surface area contributed by atoms with Crippen molar-refractivity contribution in [1.82, 2.24) is 4.98 Å². The van der Waals surface area contributed by atoms with Crippen molar-refractivity contribution in [3.63, 3.8) is 0 Å². The van der Waals surface area contributed by atoms with Crippen molar-refractivity contribution in [2.45, 2.75) is 25.7 Å². The molecule has 2 aromatic rings. The molecule has 0 atom stereocenters. The third-order valence-electron chi connectivity index (χ3n) is 3.27.